The van der Waals surface area contributed by atoms with Crippen LogP contribution in [0.2, 0.25) is 0 Å². The molecule has 0 unspecified atom stereocenters. The molecule has 2 aromatic rings. The molecule has 1 aliphatic rings. The number of benzene rings is 2. The fraction of sp³-hybridized carbons (Fsp3) is 0.300. The Kier molecular flexibility index (Phi) is 5.51. The summed E-state index contributed by atoms with van der Waals surface area (Å²) in [5, 5.41) is 2.81. The third kappa shape index (κ3) is 4.20. The summed E-state index contributed by atoms with van der Waals surface area (Å²) in [6.07, 6.45) is 2.08. The second-order valence-electron chi connectivity index (χ2n) is 6.21. The second kappa shape index (κ2) is 7.99. The van der Waals surface area contributed by atoms with Crippen molar-refractivity contribution >= 4 is 23.2 Å². The fourth-order valence-electron chi connectivity index (χ4n) is 3.06. The third-order valence-corrected chi connectivity index (χ3v) is 4.36. The van der Waals surface area contributed by atoms with Gasteiger partial charge >= 0.3 is 0 Å². The van der Waals surface area contributed by atoms with Gasteiger partial charge in [0.15, 0.2) is 0 Å². The topological polar surface area (TPSA) is 58.6 Å². The van der Waals surface area contributed by atoms with Gasteiger partial charge in [0.05, 0.1) is 12.8 Å². The van der Waals surface area contributed by atoms with Gasteiger partial charge in [-0.1, -0.05) is 12.1 Å². The molecule has 0 spiro atoms. The van der Waals surface area contributed by atoms with E-state index in [1.165, 1.54) is 19.2 Å². The van der Waals surface area contributed by atoms with Crippen LogP contribution in [-0.2, 0) is 16.0 Å². The Hall–Kier alpha value is -2.89. The molecule has 0 bridgehead atoms. The van der Waals surface area contributed by atoms with Gasteiger partial charge in [-0.25, -0.2) is 4.39 Å². The minimum atomic E-state index is -0.306. The number of amides is 2. The summed E-state index contributed by atoms with van der Waals surface area (Å²) < 4.78 is 18.6. The lowest BCUT2D eigenvalue weighted by Crippen LogP contribution is -2.24. The van der Waals surface area contributed by atoms with E-state index < -0.39 is 0 Å². The molecule has 2 aromatic carbocycles. The van der Waals surface area contributed by atoms with Crippen LogP contribution < -0.4 is 15.0 Å². The zero-order chi connectivity index (χ0) is 18.5. The number of halogens is 1. The molecule has 6 heteroatoms. The number of hydrogen-bond donors (Lipinski definition) is 1. The maximum absolute atomic E-state index is 13.2. The van der Waals surface area contributed by atoms with E-state index >= 15 is 0 Å². The van der Waals surface area contributed by atoms with E-state index in [-0.39, 0.29) is 24.1 Å². The molecule has 3 rings (SSSR count). The SMILES string of the molecule is COc1cc(NC(=O)CCc2cccc(F)c2)ccc1N1CCCC1=O. The lowest BCUT2D eigenvalue weighted by Gasteiger charge is -2.19. The monoisotopic (exact) mass is 356 g/mol. The van der Waals surface area contributed by atoms with Crippen molar-refractivity contribution in [3.63, 3.8) is 0 Å². The Morgan fingerprint density at radius 1 is 1.27 bits per heavy atom. The van der Waals surface area contributed by atoms with Gasteiger partial charge < -0.3 is 15.0 Å². The second-order valence-corrected chi connectivity index (χ2v) is 6.21. The van der Waals surface area contributed by atoms with E-state index in [4.69, 9.17) is 4.74 Å². The molecule has 0 radical (unpaired) electrons. The minimum absolute atomic E-state index is 0.0789. The Labute approximate surface area is 151 Å². The summed E-state index contributed by atoms with van der Waals surface area (Å²) in [5.41, 5.74) is 2.09. The molecular weight excluding hydrogens is 335 g/mol. The summed E-state index contributed by atoms with van der Waals surface area (Å²) in [5.74, 6) is 0.152. The molecule has 1 aliphatic heterocycles. The molecule has 0 atom stereocenters. The van der Waals surface area contributed by atoms with Crippen LogP contribution in [0.25, 0.3) is 0 Å². The molecular formula is C20H21FN2O3. The first-order valence-electron chi connectivity index (χ1n) is 8.59. The number of carbonyl (C=O) groups is 2. The van der Waals surface area contributed by atoms with Gasteiger partial charge in [-0.05, 0) is 42.7 Å². The summed E-state index contributed by atoms with van der Waals surface area (Å²) in [7, 11) is 1.54. The zero-order valence-corrected chi connectivity index (χ0v) is 14.6. The highest BCUT2D eigenvalue weighted by molar-refractivity contribution is 5.98. The fourth-order valence-corrected chi connectivity index (χ4v) is 3.06. The number of aryl methyl sites for hydroxylation is 1. The molecule has 0 aliphatic carbocycles. The van der Waals surface area contributed by atoms with E-state index in [0.29, 0.717) is 36.5 Å². The van der Waals surface area contributed by atoms with Crippen molar-refractivity contribution in [2.75, 3.05) is 23.9 Å². The lowest BCUT2D eigenvalue weighted by atomic mass is 10.1. The van der Waals surface area contributed by atoms with E-state index in [2.05, 4.69) is 5.32 Å². The van der Waals surface area contributed by atoms with E-state index in [9.17, 15) is 14.0 Å². The number of hydrogen-bond acceptors (Lipinski definition) is 3. The van der Waals surface area contributed by atoms with Crippen LogP contribution in [-0.4, -0.2) is 25.5 Å². The molecule has 1 N–H and O–H groups in total. The molecule has 1 fully saturated rings. The van der Waals surface area contributed by atoms with E-state index in [1.807, 2.05) is 0 Å². The molecule has 1 saturated heterocycles. The quantitative estimate of drug-likeness (QED) is 0.861. The number of nitrogens with zero attached hydrogens (tertiary/aromatic N) is 1. The first-order chi connectivity index (χ1) is 12.6. The lowest BCUT2D eigenvalue weighted by molar-refractivity contribution is -0.117. The van der Waals surface area contributed by atoms with Gasteiger partial charge in [0.25, 0.3) is 0 Å². The van der Waals surface area contributed by atoms with Crippen LogP contribution in [0.1, 0.15) is 24.8 Å². The molecule has 5 nitrogen and oxygen atoms in total. The number of anilines is 2. The highest BCUT2D eigenvalue weighted by Crippen LogP contribution is 2.33. The van der Waals surface area contributed by atoms with Crippen LogP contribution in [0, 0.1) is 5.82 Å². The number of ether oxygens (including phenoxy) is 1. The van der Waals surface area contributed by atoms with Gasteiger partial charge in [0.2, 0.25) is 11.8 Å². The van der Waals surface area contributed by atoms with Crippen molar-refractivity contribution in [3.8, 4) is 5.75 Å². The Balaban J connectivity index is 1.64. The van der Waals surface area contributed by atoms with Crippen LogP contribution >= 0.6 is 0 Å². The molecule has 0 saturated carbocycles. The number of methoxy groups -OCH3 is 1. The van der Waals surface area contributed by atoms with Crippen molar-refractivity contribution in [1.82, 2.24) is 0 Å². The Bertz CT molecular complexity index is 822. The van der Waals surface area contributed by atoms with Crippen molar-refractivity contribution in [2.24, 2.45) is 0 Å². The predicted molar refractivity (Wildman–Crippen MR) is 97.9 cm³/mol. The number of nitrogens with one attached hydrogen (secondary N) is 1. The first-order valence-corrected chi connectivity index (χ1v) is 8.59. The average Bonchev–Trinajstić information content (AvgIpc) is 3.06. The average molecular weight is 356 g/mol. The number of carbonyl (C=O) groups excluding carboxylic acids is 2. The van der Waals surface area contributed by atoms with Crippen LogP contribution in [0.3, 0.4) is 0 Å². The third-order valence-electron chi connectivity index (χ3n) is 4.36. The zero-order valence-electron chi connectivity index (χ0n) is 14.6. The van der Waals surface area contributed by atoms with Gasteiger partial charge in [-0.15, -0.1) is 0 Å². The minimum Gasteiger partial charge on any atom is -0.494 e. The molecule has 1 heterocycles. The van der Waals surface area contributed by atoms with Crippen LogP contribution in [0.15, 0.2) is 42.5 Å². The predicted octanol–water partition coefficient (Wildman–Crippen LogP) is 3.53. The normalized spacial score (nSPS) is 13.8. The van der Waals surface area contributed by atoms with Crippen molar-refractivity contribution in [1.29, 1.82) is 0 Å². The molecule has 136 valence electrons. The molecule has 26 heavy (non-hydrogen) atoms. The van der Waals surface area contributed by atoms with Crippen molar-refractivity contribution < 1.29 is 18.7 Å². The molecule has 2 amide bonds. The summed E-state index contributed by atoms with van der Waals surface area (Å²) in [4.78, 5) is 25.8. The summed E-state index contributed by atoms with van der Waals surface area (Å²) in [6.45, 7) is 0.675. The van der Waals surface area contributed by atoms with Gasteiger partial charge in [0.1, 0.15) is 11.6 Å². The Morgan fingerprint density at radius 3 is 2.81 bits per heavy atom. The summed E-state index contributed by atoms with van der Waals surface area (Å²) >= 11 is 0. The number of rotatable bonds is 6. The van der Waals surface area contributed by atoms with Gasteiger partial charge in [-0.2, -0.15) is 0 Å². The van der Waals surface area contributed by atoms with Crippen molar-refractivity contribution in [2.45, 2.75) is 25.7 Å². The van der Waals surface area contributed by atoms with Gasteiger partial charge in [-0.3, -0.25) is 9.59 Å². The standard InChI is InChI=1S/C20H21FN2O3/c1-26-18-13-16(8-9-17(18)23-11-3-6-20(23)25)22-19(24)10-7-14-4-2-5-15(21)12-14/h2,4-5,8-9,12-13H,3,6-7,10-11H2,1H3,(H,22,24). The van der Waals surface area contributed by atoms with Crippen LogP contribution in [0.5, 0.6) is 5.75 Å². The highest BCUT2D eigenvalue weighted by atomic mass is 19.1. The van der Waals surface area contributed by atoms with E-state index in [1.54, 1.807) is 35.2 Å². The first kappa shape index (κ1) is 17.9. The van der Waals surface area contributed by atoms with E-state index in [0.717, 1.165) is 12.0 Å². The van der Waals surface area contributed by atoms with Crippen LogP contribution in [0.4, 0.5) is 15.8 Å². The van der Waals surface area contributed by atoms with Gasteiger partial charge in [0, 0.05) is 31.1 Å². The maximum atomic E-state index is 13.2. The molecule has 0 aromatic heterocycles. The van der Waals surface area contributed by atoms with Crippen molar-refractivity contribution in [3.05, 3.63) is 53.8 Å². The largest absolute Gasteiger partial charge is 0.494 e. The summed E-state index contributed by atoms with van der Waals surface area (Å²) in [6, 6.07) is 11.5. The maximum Gasteiger partial charge on any atom is 0.227 e. The highest BCUT2D eigenvalue weighted by Gasteiger charge is 2.24. The smallest absolute Gasteiger partial charge is 0.227 e. The Morgan fingerprint density at radius 2 is 2.12 bits per heavy atom.